The van der Waals surface area contributed by atoms with Gasteiger partial charge >= 0.3 is 0 Å². The Balaban J connectivity index is 2.99. The number of rotatable bonds is 3. The van der Waals surface area contributed by atoms with Crippen LogP contribution in [0.5, 0.6) is 0 Å². The molecule has 13 heavy (non-hydrogen) atoms. The standard InChI is InChI=1S/C8H7ClO3S/c9-7-3-1-6(2-4-7)8(5-10)13(11)12/h1-5,8H,(H,11,12). The van der Waals surface area contributed by atoms with Crippen LogP contribution >= 0.6 is 11.6 Å². The lowest BCUT2D eigenvalue weighted by Gasteiger charge is -2.04. The van der Waals surface area contributed by atoms with Crippen LogP contribution in [0.1, 0.15) is 10.8 Å². The van der Waals surface area contributed by atoms with Crippen molar-refractivity contribution in [2.75, 3.05) is 0 Å². The van der Waals surface area contributed by atoms with E-state index in [1.54, 1.807) is 24.3 Å². The van der Waals surface area contributed by atoms with Crippen LogP contribution in [0.25, 0.3) is 0 Å². The lowest BCUT2D eigenvalue weighted by Crippen LogP contribution is -2.06. The van der Waals surface area contributed by atoms with Gasteiger partial charge in [0.25, 0.3) is 0 Å². The van der Waals surface area contributed by atoms with Crippen molar-refractivity contribution < 1.29 is 13.6 Å². The SMILES string of the molecule is O=CC(c1ccc(Cl)cc1)S(=O)O. The van der Waals surface area contributed by atoms with E-state index in [1.807, 2.05) is 0 Å². The highest BCUT2D eigenvalue weighted by Gasteiger charge is 2.15. The Morgan fingerprint density at radius 3 is 2.31 bits per heavy atom. The number of carbonyl (C=O) groups excluding carboxylic acids is 1. The van der Waals surface area contributed by atoms with Gasteiger partial charge in [-0.25, -0.2) is 4.21 Å². The van der Waals surface area contributed by atoms with Crippen molar-refractivity contribution in [1.82, 2.24) is 0 Å². The van der Waals surface area contributed by atoms with E-state index >= 15 is 0 Å². The van der Waals surface area contributed by atoms with E-state index in [9.17, 15) is 9.00 Å². The second kappa shape index (κ2) is 4.50. The zero-order chi connectivity index (χ0) is 9.84. The Bertz CT molecular complexity index is 323. The number of hydrogen-bond acceptors (Lipinski definition) is 2. The van der Waals surface area contributed by atoms with Gasteiger partial charge in [-0.1, -0.05) is 23.7 Å². The zero-order valence-corrected chi connectivity index (χ0v) is 8.09. The molecule has 3 nitrogen and oxygen atoms in total. The molecule has 70 valence electrons. The van der Waals surface area contributed by atoms with Gasteiger partial charge in [0.15, 0.2) is 11.1 Å². The van der Waals surface area contributed by atoms with Crippen molar-refractivity contribution in [1.29, 1.82) is 0 Å². The van der Waals surface area contributed by atoms with Crippen molar-refractivity contribution in [3.8, 4) is 0 Å². The summed E-state index contributed by atoms with van der Waals surface area (Å²) in [6.45, 7) is 0. The van der Waals surface area contributed by atoms with E-state index in [0.29, 0.717) is 16.9 Å². The Hall–Kier alpha value is -0.710. The van der Waals surface area contributed by atoms with Gasteiger partial charge in [-0.2, -0.15) is 0 Å². The first-order valence-electron chi connectivity index (χ1n) is 3.45. The van der Waals surface area contributed by atoms with E-state index in [4.69, 9.17) is 16.2 Å². The molecule has 0 amide bonds. The minimum absolute atomic E-state index is 0.444. The first kappa shape index (κ1) is 10.4. The summed E-state index contributed by atoms with van der Waals surface area (Å²) in [5.41, 5.74) is 0.486. The van der Waals surface area contributed by atoms with Crippen LogP contribution in [-0.4, -0.2) is 15.0 Å². The minimum Gasteiger partial charge on any atom is -0.305 e. The van der Waals surface area contributed by atoms with Gasteiger partial charge in [-0.3, -0.25) is 0 Å². The maximum atomic E-state index is 10.7. The average Bonchev–Trinajstić information content (AvgIpc) is 2.09. The van der Waals surface area contributed by atoms with Gasteiger partial charge in [0.05, 0.1) is 0 Å². The fourth-order valence-corrected chi connectivity index (χ4v) is 1.51. The van der Waals surface area contributed by atoms with Crippen molar-refractivity contribution in [3.05, 3.63) is 34.9 Å². The molecule has 1 aromatic carbocycles. The molecule has 0 aliphatic heterocycles. The molecule has 1 rings (SSSR count). The third-order valence-corrected chi connectivity index (χ3v) is 2.61. The number of benzene rings is 1. The molecule has 1 N–H and O–H groups in total. The molecule has 2 unspecified atom stereocenters. The van der Waals surface area contributed by atoms with E-state index in [0.717, 1.165) is 0 Å². The number of halogens is 1. The van der Waals surface area contributed by atoms with Gasteiger partial charge in [0, 0.05) is 5.02 Å². The molecule has 0 aromatic heterocycles. The number of carbonyl (C=O) groups is 1. The normalized spacial score (nSPS) is 14.9. The van der Waals surface area contributed by atoms with Gasteiger partial charge in [-0.05, 0) is 17.7 Å². The molecule has 5 heteroatoms. The van der Waals surface area contributed by atoms with E-state index in [-0.39, 0.29) is 0 Å². The largest absolute Gasteiger partial charge is 0.305 e. The molecule has 0 saturated heterocycles. The highest BCUT2D eigenvalue weighted by atomic mass is 35.5. The fraction of sp³-hybridized carbons (Fsp3) is 0.125. The quantitative estimate of drug-likeness (QED) is 0.622. The fourth-order valence-electron chi connectivity index (χ4n) is 0.895. The summed E-state index contributed by atoms with van der Waals surface area (Å²) in [4.78, 5) is 10.4. The maximum Gasteiger partial charge on any atom is 0.167 e. The molecule has 0 bridgehead atoms. The van der Waals surface area contributed by atoms with Crippen molar-refractivity contribution in [2.24, 2.45) is 0 Å². The van der Waals surface area contributed by atoms with Crippen LogP contribution in [0.2, 0.25) is 5.02 Å². The summed E-state index contributed by atoms with van der Waals surface area (Å²) in [5, 5.41) is -0.464. The summed E-state index contributed by atoms with van der Waals surface area (Å²) in [5.74, 6) is 0. The Morgan fingerprint density at radius 2 is 1.92 bits per heavy atom. The second-order valence-electron chi connectivity index (χ2n) is 2.38. The van der Waals surface area contributed by atoms with E-state index in [1.165, 1.54) is 0 Å². The van der Waals surface area contributed by atoms with Crippen molar-refractivity contribution in [3.63, 3.8) is 0 Å². The molecule has 0 aliphatic rings. The first-order valence-corrected chi connectivity index (χ1v) is 5.00. The lowest BCUT2D eigenvalue weighted by atomic mass is 10.2. The molecule has 0 radical (unpaired) electrons. The Morgan fingerprint density at radius 1 is 1.38 bits per heavy atom. The molecule has 0 spiro atoms. The Labute approximate surface area is 83.0 Å². The highest BCUT2D eigenvalue weighted by Crippen LogP contribution is 2.18. The molecule has 2 atom stereocenters. The molecule has 0 fully saturated rings. The summed E-state index contributed by atoms with van der Waals surface area (Å²) in [6, 6.07) is 6.24. The van der Waals surface area contributed by atoms with Gasteiger partial charge < -0.3 is 9.35 Å². The van der Waals surface area contributed by atoms with Crippen LogP contribution in [0.4, 0.5) is 0 Å². The molecular weight excluding hydrogens is 212 g/mol. The predicted octanol–water partition coefficient (Wildman–Crippen LogP) is 1.80. The van der Waals surface area contributed by atoms with E-state index < -0.39 is 16.3 Å². The van der Waals surface area contributed by atoms with Crippen LogP contribution in [0.15, 0.2) is 24.3 Å². The highest BCUT2D eigenvalue weighted by molar-refractivity contribution is 7.80. The number of hydrogen-bond donors (Lipinski definition) is 1. The number of aldehydes is 1. The van der Waals surface area contributed by atoms with Crippen LogP contribution in [0.3, 0.4) is 0 Å². The van der Waals surface area contributed by atoms with Gasteiger partial charge in [-0.15, -0.1) is 0 Å². The third-order valence-electron chi connectivity index (χ3n) is 1.54. The average molecular weight is 219 g/mol. The monoisotopic (exact) mass is 218 g/mol. The molecule has 0 heterocycles. The topological polar surface area (TPSA) is 54.4 Å². The molecule has 1 aromatic rings. The van der Waals surface area contributed by atoms with Crippen LogP contribution in [-0.2, 0) is 15.9 Å². The summed E-state index contributed by atoms with van der Waals surface area (Å²) in [7, 11) is 0. The first-order chi connectivity index (χ1) is 6.15. The zero-order valence-electron chi connectivity index (χ0n) is 6.51. The molecule has 0 saturated carbocycles. The van der Waals surface area contributed by atoms with Crippen molar-refractivity contribution in [2.45, 2.75) is 5.25 Å². The molecular formula is C8H7ClO3S. The van der Waals surface area contributed by atoms with Crippen LogP contribution in [0, 0.1) is 0 Å². The lowest BCUT2D eigenvalue weighted by molar-refractivity contribution is -0.107. The van der Waals surface area contributed by atoms with Gasteiger partial charge in [0.2, 0.25) is 0 Å². The summed E-state index contributed by atoms with van der Waals surface area (Å²) in [6.07, 6.45) is 0.444. The van der Waals surface area contributed by atoms with Gasteiger partial charge in [0.1, 0.15) is 11.5 Å². The second-order valence-corrected chi connectivity index (χ2v) is 3.88. The predicted molar refractivity (Wildman–Crippen MR) is 51.0 cm³/mol. The summed E-state index contributed by atoms with van der Waals surface area (Å²) < 4.78 is 19.4. The smallest absolute Gasteiger partial charge is 0.167 e. The Kier molecular flexibility index (Phi) is 3.59. The van der Waals surface area contributed by atoms with Crippen molar-refractivity contribution >= 4 is 29.0 Å². The maximum absolute atomic E-state index is 10.7. The molecule has 0 aliphatic carbocycles. The minimum atomic E-state index is -2.17. The van der Waals surface area contributed by atoms with E-state index in [2.05, 4.69) is 0 Å². The summed E-state index contributed by atoms with van der Waals surface area (Å²) >= 11 is 3.44. The third kappa shape index (κ3) is 2.62. The van der Waals surface area contributed by atoms with Crippen LogP contribution < -0.4 is 0 Å².